The Morgan fingerprint density at radius 1 is 1.03 bits per heavy atom. The fourth-order valence-corrected chi connectivity index (χ4v) is 5.19. The maximum atomic E-state index is 13.5. The monoisotopic (exact) mass is 482 g/mol. The number of ether oxygens (including phenoxy) is 1. The summed E-state index contributed by atoms with van der Waals surface area (Å²) in [5.74, 6) is -1.52. The number of carbonyl (C=O) groups is 3. The lowest BCUT2D eigenvalue weighted by Gasteiger charge is -2.39. The van der Waals surface area contributed by atoms with Crippen molar-refractivity contribution in [1.82, 2.24) is 21.3 Å². The van der Waals surface area contributed by atoms with Crippen molar-refractivity contribution < 1.29 is 29.3 Å². The molecular formula is C24H42N4O6. The summed E-state index contributed by atoms with van der Waals surface area (Å²) in [6, 6.07) is -1.36. The van der Waals surface area contributed by atoms with Crippen LogP contribution in [0.1, 0.15) is 78.1 Å². The van der Waals surface area contributed by atoms with Gasteiger partial charge in [0.25, 0.3) is 5.91 Å². The molecule has 3 rings (SSSR count). The number of hydrogen-bond donors (Lipinski definition) is 6. The van der Waals surface area contributed by atoms with Crippen LogP contribution in [0.3, 0.4) is 0 Å². The molecule has 10 heteroatoms. The van der Waals surface area contributed by atoms with Crippen LogP contribution < -0.4 is 21.3 Å². The van der Waals surface area contributed by atoms with Crippen molar-refractivity contribution in [3.8, 4) is 0 Å². The van der Waals surface area contributed by atoms with Gasteiger partial charge in [-0.1, -0.05) is 33.1 Å². The average molecular weight is 483 g/mol. The van der Waals surface area contributed by atoms with Gasteiger partial charge >= 0.3 is 0 Å². The zero-order valence-electron chi connectivity index (χ0n) is 20.5. The van der Waals surface area contributed by atoms with Gasteiger partial charge in [-0.15, -0.1) is 0 Å². The molecule has 2 aliphatic heterocycles. The summed E-state index contributed by atoms with van der Waals surface area (Å²) in [7, 11) is 0. The molecule has 3 aliphatic rings. The smallest absolute Gasteiger partial charge is 0.251 e. The first kappa shape index (κ1) is 26.8. The second-order valence-corrected chi connectivity index (χ2v) is 10.3. The van der Waals surface area contributed by atoms with Crippen LogP contribution in [0, 0.1) is 5.92 Å². The van der Waals surface area contributed by atoms with Gasteiger partial charge in [0, 0.05) is 6.61 Å². The van der Waals surface area contributed by atoms with E-state index in [1.165, 1.54) is 0 Å². The van der Waals surface area contributed by atoms with Gasteiger partial charge in [0.1, 0.15) is 17.9 Å². The summed E-state index contributed by atoms with van der Waals surface area (Å²) in [4.78, 5) is 39.2. The molecular weight excluding hydrogens is 440 g/mol. The molecule has 194 valence electrons. The SMILES string of the molecule is CC(C)[C@H](NC(=O)C1(NC(=O)[C@@H]2CCCO2)CCCCC1)[C@H](O)C(=O)N[C@H]1CCCCNC1O. The molecule has 2 heterocycles. The number of rotatable bonds is 8. The van der Waals surface area contributed by atoms with Crippen LogP contribution in [0.25, 0.3) is 0 Å². The summed E-state index contributed by atoms with van der Waals surface area (Å²) in [6.45, 7) is 4.85. The third-order valence-electron chi connectivity index (χ3n) is 7.36. The summed E-state index contributed by atoms with van der Waals surface area (Å²) in [5.41, 5.74) is -1.08. The average Bonchev–Trinajstić information content (AvgIpc) is 3.29. The fourth-order valence-electron chi connectivity index (χ4n) is 5.19. The Kier molecular flexibility index (Phi) is 9.70. The van der Waals surface area contributed by atoms with Crippen molar-refractivity contribution in [3.63, 3.8) is 0 Å². The first-order chi connectivity index (χ1) is 16.2. The second-order valence-electron chi connectivity index (χ2n) is 10.3. The van der Waals surface area contributed by atoms with Crippen LogP contribution in [0.5, 0.6) is 0 Å². The first-order valence-electron chi connectivity index (χ1n) is 12.9. The van der Waals surface area contributed by atoms with Gasteiger partial charge in [0.05, 0.1) is 12.1 Å². The Labute approximate surface area is 202 Å². The molecule has 0 bridgehead atoms. The summed E-state index contributed by atoms with van der Waals surface area (Å²) in [6.07, 6.45) is 4.50. The van der Waals surface area contributed by atoms with Gasteiger partial charge in [-0.3, -0.25) is 19.7 Å². The number of amides is 3. The van der Waals surface area contributed by atoms with Crippen molar-refractivity contribution in [1.29, 1.82) is 0 Å². The van der Waals surface area contributed by atoms with Crippen molar-refractivity contribution in [2.24, 2.45) is 5.92 Å². The molecule has 1 aliphatic carbocycles. The van der Waals surface area contributed by atoms with Crippen LogP contribution in [-0.2, 0) is 19.1 Å². The summed E-state index contributed by atoms with van der Waals surface area (Å²) in [5, 5.41) is 32.6. The molecule has 10 nitrogen and oxygen atoms in total. The fraction of sp³-hybridized carbons (Fsp3) is 0.875. The third kappa shape index (κ3) is 6.68. The van der Waals surface area contributed by atoms with Gasteiger partial charge < -0.3 is 30.9 Å². The Morgan fingerprint density at radius 2 is 1.76 bits per heavy atom. The van der Waals surface area contributed by atoms with E-state index in [1.807, 2.05) is 13.8 Å². The molecule has 3 amide bonds. The van der Waals surface area contributed by atoms with Crippen molar-refractivity contribution >= 4 is 17.7 Å². The molecule has 3 fully saturated rings. The first-order valence-corrected chi connectivity index (χ1v) is 12.9. The van der Waals surface area contributed by atoms with E-state index in [2.05, 4.69) is 21.3 Å². The molecule has 1 unspecified atom stereocenters. The number of carbonyl (C=O) groups excluding carboxylic acids is 3. The Morgan fingerprint density at radius 3 is 2.41 bits per heavy atom. The van der Waals surface area contributed by atoms with Crippen LogP contribution in [-0.4, -0.2) is 77.1 Å². The summed E-state index contributed by atoms with van der Waals surface area (Å²) < 4.78 is 5.50. The van der Waals surface area contributed by atoms with Crippen LogP contribution >= 0.6 is 0 Å². The predicted molar refractivity (Wildman–Crippen MR) is 125 cm³/mol. The van der Waals surface area contributed by atoms with E-state index < -0.39 is 42.0 Å². The lowest BCUT2D eigenvalue weighted by atomic mass is 9.80. The van der Waals surface area contributed by atoms with Crippen LogP contribution in [0.2, 0.25) is 0 Å². The Bertz CT molecular complexity index is 706. The quantitative estimate of drug-likeness (QED) is 0.287. The van der Waals surface area contributed by atoms with E-state index in [-0.39, 0.29) is 17.7 Å². The molecule has 0 spiro atoms. The molecule has 1 saturated carbocycles. The standard InChI is InChI=1S/C24H42N4O6/c1-15(2)18(19(29)22(32)26-16-9-4-7-13-25-20(16)30)27-23(33)24(11-5-3-6-12-24)28-21(31)17-10-8-14-34-17/h15-20,25,29-30H,3-14H2,1-2H3,(H,26,32)(H,27,33)(H,28,31)/t16-,17-,18-,19-,20?/m0/s1. The number of aliphatic hydroxyl groups excluding tert-OH is 2. The Hall–Kier alpha value is -1.75. The predicted octanol–water partition coefficient (Wildman–Crippen LogP) is 0.0629. The molecule has 6 N–H and O–H groups in total. The molecule has 0 aromatic rings. The van der Waals surface area contributed by atoms with E-state index in [0.29, 0.717) is 38.8 Å². The van der Waals surface area contributed by atoms with Crippen LogP contribution in [0.4, 0.5) is 0 Å². The number of aliphatic hydroxyl groups is 2. The highest BCUT2D eigenvalue weighted by molar-refractivity contribution is 5.93. The van der Waals surface area contributed by atoms with Gasteiger partial charge in [-0.25, -0.2) is 0 Å². The van der Waals surface area contributed by atoms with Gasteiger partial charge in [-0.05, 0) is 57.4 Å². The van der Waals surface area contributed by atoms with Gasteiger partial charge in [0.2, 0.25) is 11.8 Å². The lowest BCUT2D eigenvalue weighted by molar-refractivity contribution is -0.142. The molecule has 0 radical (unpaired) electrons. The zero-order valence-corrected chi connectivity index (χ0v) is 20.5. The van der Waals surface area contributed by atoms with Crippen molar-refractivity contribution in [2.75, 3.05) is 13.2 Å². The topological polar surface area (TPSA) is 149 Å². The van der Waals surface area contributed by atoms with Crippen molar-refractivity contribution in [3.05, 3.63) is 0 Å². The number of nitrogens with one attached hydrogen (secondary N) is 4. The minimum atomic E-state index is -1.49. The van der Waals surface area contributed by atoms with E-state index in [0.717, 1.165) is 38.5 Å². The highest BCUT2D eigenvalue weighted by Crippen LogP contribution is 2.30. The van der Waals surface area contributed by atoms with Crippen molar-refractivity contribution in [2.45, 2.75) is 114 Å². The molecule has 34 heavy (non-hydrogen) atoms. The minimum Gasteiger partial charge on any atom is -0.381 e. The van der Waals surface area contributed by atoms with E-state index >= 15 is 0 Å². The maximum Gasteiger partial charge on any atom is 0.251 e. The lowest BCUT2D eigenvalue weighted by Crippen LogP contribution is -2.65. The minimum absolute atomic E-state index is 0.239. The molecule has 2 saturated heterocycles. The van der Waals surface area contributed by atoms with E-state index in [9.17, 15) is 24.6 Å². The molecule has 5 atom stereocenters. The largest absolute Gasteiger partial charge is 0.381 e. The van der Waals surface area contributed by atoms with Gasteiger partial charge in [-0.2, -0.15) is 0 Å². The van der Waals surface area contributed by atoms with Gasteiger partial charge in [0.15, 0.2) is 6.10 Å². The highest BCUT2D eigenvalue weighted by atomic mass is 16.5. The van der Waals surface area contributed by atoms with E-state index in [4.69, 9.17) is 4.74 Å². The van der Waals surface area contributed by atoms with E-state index in [1.54, 1.807) is 0 Å². The molecule has 0 aromatic heterocycles. The normalized spacial score (nSPS) is 29.0. The zero-order chi connectivity index (χ0) is 24.7. The Balaban J connectivity index is 1.68. The number of hydrogen-bond acceptors (Lipinski definition) is 7. The summed E-state index contributed by atoms with van der Waals surface area (Å²) >= 11 is 0. The molecule has 0 aromatic carbocycles. The third-order valence-corrected chi connectivity index (χ3v) is 7.36. The highest BCUT2D eigenvalue weighted by Gasteiger charge is 2.44. The second kappa shape index (κ2) is 12.3. The maximum absolute atomic E-state index is 13.5. The van der Waals surface area contributed by atoms with Crippen LogP contribution in [0.15, 0.2) is 0 Å².